The zero-order valence-electron chi connectivity index (χ0n) is 18.8. The molecule has 1 aliphatic carbocycles. The summed E-state index contributed by atoms with van der Waals surface area (Å²) >= 11 is 1.69. The number of anilines is 2. The molecule has 1 aliphatic heterocycles. The minimum atomic E-state index is -0.446. The van der Waals surface area contributed by atoms with Crippen molar-refractivity contribution in [3.63, 3.8) is 0 Å². The highest BCUT2D eigenvalue weighted by molar-refractivity contribution is 7.19. The van der Waals surface area contributed by atoms with Crippen LogP contribution >= 0.6 is 11.3 Å². The van der Waals surface area contributed by atoms with E-state index in [2.05, 4.69) is 25.5 Å². The maximum absolute atomic E-state index is 11.5. The van der Waals surface area contributed by atoms with E-state index >= 15 is 0 Å². The summed E-state index contributed by atoms with van der Waals surface area (Å²) in [7, 11) is 0. The fourth-order valence-corrected chi connectivity index (χ4v) is 6.80. The van der Waals surface area contributed by atoms with Gasteiger partial charge in [0, 0.05) is 22.9 Å². The number of aromatic amines is 1. The Morgan fingerprint density at radius 1 is 1.35 bits per heavy atom. The number of H-pyrrole nitrogens is 1. The Balaban J connectivity index is 1.36. The molecular formula is C24H26N6O3S. The SMILES string of the molecule is CCOc1cc2[nH]ncc2cc1Nc1ncnc2sc3c(c12)CCC(C1[C@@H](O)CCN1C=O)C3. The van der Waals surface area contributed by atoms with Crippen molar-refractivity contribution in [2.45, 2.75) is 44.8 Å². The third-order valence-electron chi connectivity index (χ3n) is 7.06. The van der Waals surface area contributed by atoms with Crippen LogP contribution in [0.2, 0.25) is 0 Å². The van der Waals surface area contributed by atoms with Crippen molar-refractivity contribution in [2.24, 2.45) is 5.92 Å². The molecule has 4 aromatic rings. The molecule has 2 aliphatic rings. The molecular weight excluding hydrogens is 452 g/mol. The van der Waals surface area contributed by atoms with Crippen LogP contribution in [0, 0.1) is 5.92 Å². The Morgan fingerprint density at radius 3 is 3.12 bits per heavy atom. The normalized spacial score (nSPS) is 22.3. The average molecular weight is 479 g/mol. The lowest BCUT2D eigenvalue weighted by atomic mass is 9.81. The number of benzene rings is 1. The number of aryl methyl sites for hydroxylation is 1. The number of nitrogens with one attached hydrogen (secondary N) is 2. The number of carbonyl (C=O) groups is 1. The summed E-state index contributed by atoms with van der Waals surface area (Å²) in [6.07, 6.45) is 7.12. The smallest absolute Gasteiger partial charge is 0.210 e. The first kappa shape index (κ1) is 21.3. The number of hydrogen-bond donors (Lipinski definition) is 3. The Bertz CT molecular complexity index is 1370. The van der Waals surface area contributed by atoms with E-state index in [0.29, 0.717) is 19.6 Å². The van der Waals surface area contributed by atoms with Crippen LogP contribution in [0.15, 0.2) is 24.7 Å². The topological polar surface area (TPSA) is 116 Å². The van der Waals surface area contributed by atoms with Crippen LogP contribution in [-0.2, 0) is 17.6 Å². The van der Waals surface area contributed by atoms with E-state index in [1.165, 1.54) is 10.4 Å². The molecule has 1 saturated heterocycles. The second kappa shape index (κ2) is 8.52. The molecule has 3 aromatic heterocycles. The van der Waals surface area contributed by atoms with Crippen LogP contribution in [-0.4, -0.2) is 61.9 Å². The molecule has 10 heteroatoms. The Labute approximate surface area is 200 Å². The monoisotopic (exact) mass is 478 g/mol. The van der Waals surface area contributed by atoms with Crippen molar-refractivity contribution in [1.82, 2.24) is 25.1 Å². The van der Waals surface area contributed by atoms with Gasteiger partial charge in [-0.2, -0.15) is 5.10 Å². The second-order valence-corrected chi connectivity index (χ2v) is 10.0. The van der Waals surface area contributed by atoms with Gasteiger partial charge in [0.05, 0.1) is 41.5 Å². The van der Waals surface area contributed by atoms with Gasteiger partial charge < -0.3 is 20.1 Å². The van der Waals surface area contributed by atoms with E-state index in [9.17, 15) is 9.90 Å². The molecule has 34 heavy (non-hydrogen) atoms. The summed E-state index contributed by atoms with van der Waals surface area (Å²) in [5, 5.41) is 23.2. The van der Waals surface area contributed by atoms with Gasteiger partial charge in [-0.05, 0) is 50.2 Å². The molecule has 2 unspecified atom stereocenters. The van der Waals surface area contributed by atoms with E-state index in [-0.39, 0.29) is 12.0 Å². The summed E-state index contributed by atoms with van der Waals surface area (Å²) in [5.41, 5.74) is 3.02. The third-order valence-corrected chi connectivity index (χ3v) is 8.22. The number of hydrogen-bond acceptors (Lipinski definition) is 8. The number of fused-ring (bicyclic) bond motifs is 4. The van der Waals surface area contributed by atoms with Gasteiger partial charge in [-0.15, -0.1) is 11.3 Å². The molecule has 0 radical (unpaired) electrons. The molecule has 6 rings (SSSR count). The Hall–Kier alpha value is -3.24. The molecule has 0 saturated carbocycles. The van der Waals surface area contributed by atoms with Gasteiger partial charge >= 0.3 is 0 Å². The van der Waals surface area contributed by atoms with Gasteiger partial charge in [0.15, 0.2) is 0 Å². The third kappa shape index (κ3) is 3.48. The van der Waals surface area contributed by atoms with Crippen molar-refractivity contribution in [3.05, 3.63) is 35.1 Å². The van der Waals surface area contributed by atoms with Crippen molar-refractivity contribution in [1.29, 1.82) is 0 Å². The average Bonchev–Trinajstić information content (AvgIpc) is 3.55. The standard InChI is InChI=1S/C24H26N6O3S/c1-2-33-19-9-16-14(10-27-29-16)7-17(19)28-23-21-15-4-3-13(22-18(32)5-6-30(22)12-31)8-20(15)34-24(21)26-11-25-23/h7,9-13,18,22,32H,2-6,8H2,1H3,(H,27,29)(H,25,26,28)/t13?,18-,22?/m0/s1. The van der Waals surface area contributed by atoms with Gasteiger partial charge in [-0.25, -0.2) is 9.97 Å². The van der Waals surface area contributed by atoms with E-state index in [1.54, 1.807) is 28.8 Å². The van der Waals surface area contributed by atoms with E-state index in [0.717, 1.165) is 64.0 Å². The minimum Gasteiger partial charge on any atom is -0.492 e. The van der Waals surface area contributed by atoms with Crippen molar-refractivity contribution in [2.75, 3.05) is 18.5 Å². The highest BCUT2D eigenvalue weighted by atomic mass is 32.1. The Kier molecular flexibility index (Phi) is 5.34. The van der Waals surface area contributed by atoms with Crippen LogP contribution < -0.4 is 10.1 Å². The molecule has 1 aromatic carbocycles. The lowest BCUT2D eigenvalue weighted by Crippen LogP contribution is -2.42. The summed E-state index contributed by atoms with van der Waals surface area (Å²) < 4.78 is 5.89. The molecule has 3 N–H and O–H groups in total. The minimum absolute atomic E-state index is 0.102. The predicted molar refractivity (Wildman–Crippen MR) is 131 cm³/mol. The summed E-state index contributed by atoms with van der Waals surface area (Å²) in [6.45, 7) is 3.14. The van der Waals surface area contributed by atoms with Crippen LogP contribution in [0.3, 0.4) is 0 Å². The van der Waals surface area contributed by atoms with E-state index < -0.39 is 6.10 Å². The van der Waals surface area contributed by atoms with Crippen LogP contribution in [0.1, 0.15) is 30.2 Å². The zero-order valence-corrected chi connectivity index (χ0v) is 19.6. The summed E-state index contributed by atoms with van der Waals surface area (Å²) in [4.78, 5) is 24.7. The highest BCUT2D eigenvalue weighted by Crippen LogP contribution is 2.43. The fourth-order valence-electron chi connectivity index (χ4n) is 5.52. The highest BCUT2D eigenvalue weighted by Gasteiger charge is 2.40. The largest absolute Gasteiger partial charge is 0.492 e. The fraction of sp³-hybridized carbons (Fsp3) is 0.417. The number of nitrogens with zero attached hydrogens (tertiary/aromatic N) is 4. The predicted octanol–water partition coefficient (Wildman–Crippen LogP) is 3.41. The molecule has 3 atom stereocenters. The maximum atomic E-state index is 11.5. The zero-order chi connectivity index (χ0) is 23.2. The van der Waals surface area contributed by atoms with Gasteiger partial charge in [0.25, 0.3) is 0 Å². The first-order valence-corrected chi connectivity index (χ1v) is 12.5. The number of thiophene rings is 1. The number of aliphatic hydroxyl groups is 1. The van der Waals surface area contributed by atoms with Crippen molar-refractivity contribution < 1.29 is 14.6 Å². The number of ether oxygens (including phenoxy) is 1. The van der Waals surface area contributed by atoms with Crippen LogP contribution in [0.4, 0.5) is 11.5 Å². The summed E-state index contributed by atoms with van der Waals surface area (Å²) in [5.74, 6) is 1.75. The van der Waals surface area contributed by atoms with E-state index in [1.807, 2.05) is 19.1 Å². The van der Waals surface area contributed by atoms with Crippen molar-refractivity contribution >= 4 is 50.4 Å². The molecule has 4 heterocycles. The van der Waals surface area contributed by atoms with Gasteiger partial charge in [-0.3, -0.25) is 9.89 Å². The van der Waals surface area contributed by atoms with E-state index in [4.69, 9.17) is 4.74 Å². The number of amides is 1. The number of aliphatic hydroxyl groups excluding tert-OH is 1. The Morgan fingerprint density at radius 2 is 2.26 bits per heavy atom. The number of rotatable bonds is 6. The number of aromatic nitrogens is 4. The number of carbonyl (C=O) groups excluding carboxylic acids is 1. The molecule has 9 nitrogen and oxygen atoms in total. The quantitative estimate of drug-likeness (QED) is 0.364. The molecule has 1 fully saturated rings. The van der Waals surface area contributed by atoms with Gasteiger partial charge in [0.2, 0.25) is 6.41 Å². The van der Waals surface area contributed by atoms with Crippen LogP contribution in [0.25, 0.3) is 21.1 Å². The molecule has 0 spiro atoms. The first-order chi connectivity index (χ1) is 16.7. The van der Waals surface area contributed by atoms with Gasteiger partial charge in [0.1, 0.15) is 22.7 Å². The molecule has 0 bridgehead atoms. The molecule has 176 valence electrons. The van der Waals surface area contributed by atoms with Crippen molar-refractivity contribution in [3.8, 4) is 5.75 Å². The summed E-state index contributed by atoms with van der Waals surface area (Å²) in [6, 6.07) is 3.86. The number of likely N-dealkylation sites (tertiary alicyclic amines) is 1. The lowest BCUT2D eigenvalue weighted by molar-refractivity contribution is -0.120. The molecule has 1 amide bonds. The first-order valence-electron chi connectivity index (χ1n) is 11.7. The maximum Gasteiger partial charge on any atom is 0.210 e. The second-order valence-electron chi connectivity index (χ2n) is 8.96. The van der Waals surface area contributed by atoms with Crippen LogP contribution in [0.5, 0.6) is 5.75 Å². The van der Waals surface area contributed by atoms with Gasteiger partial charge in [-0.1, -0.05) is 0 Å². The lowest BCUT2D eigenvalue weighted by Gasteiger charge is -2.33.